The smallest absolute Gasteiger partial charge is 0.338 e. The van der Waals surface area contributed by atoms with Gasteiger partial charge < -0.3 is 10.1 Å². The number of aromatic nitrogens is 2. The van der Waals surface area contributed by atoms with Gasteiger partial charge in [0.1, 0.15) is 0 Å². The highest BCUT2D eigenvalue weighted by molar-refractivity contribution is 6.30. The summed E-state index contributed by atoms with van der Waals surface area (Å²) in [4.78, 5) is 17.7. The Hall–Kier alpha value is -2.79. The van der Waals surface area contributed by atoms with E-state index >= 15 is 0 Å². The average molecular weight is 382 g/mol. The Morgan fingerprint density at radius 2 is 2.00 bits per heavy atom. The molecular weight excluding hydrogens is 362 g/mol. The van der Waals surface area contributed by atoms with Gasteiger partial charge in [0.2, 0.25) is 5.95 Å². The Labute approximate surface area is 162 Å². The van der Waals surface area contributed by atoms with Crippen molar-refractivity contribution in [1.29, 1.82) is 0 Å². The van der Waals surface area contributed by atoms with Crippen LogP contribution in [0.4, 0.5) is 5.95 Å². The van der Waals surface area contributed by atoms with E-state index in [9.17, 15) is 4.79 Å². The van der Waals surface area contributed by atoms with Crippen molar-refractivity contribution in [3.8, 4) is 0 Å². The van der Waals surface area contributed by atoms with Gasteiger partial charge in [-0.1, -0.05) is 35.9 Å². The number of nitrogens with zero attached hydrogens (tertiary/aromatic N) is 2. The summed E-state index contributed by atoms with van der Waals surface area (Å²) >= 11 is 6.26. The van der Waals surface area contributed by atoms with Crippen LogP contribution in [0.25, 0.3) is 11.0 Å². The van der Waals surface area contributed by atoms with Crippen molar-refractivity contribution in [2.24, 2.45) is 0 Å². The Bertz CT molecular complexity index is 1070. The quantitative estimate of drug-likeness (QED) is 0.653. The lowest BCUT2D eigenvalue weighted by Gasteiger charge is -2.30. The largest absolute Gasteiger partial charge is 0.459 e. The lowest BCUT2D eigenvalue weighted by atomic mass is 9.95. The van der Waals surface area contributed by atoms with E-state index in [2.05, 4.69) is 10.3 Å². The first-order valence-electron chi connectivity index (χ1n) is 8.87. The van der Waals surface area contributed by atoms with Crippen LogP contribution >= 0.6 is 11.6 Å². The molecule has 0 saturated carbocycles. The highest BCUT2D eigenvalue weighted by Gasteiger charge is 2.35. The zero-order chi connectivity index (χ0) is 19.1. The minimum Gasteiger partial charge on any atom is -0.459 e. The molecule has 3 aromatic rings. The SMILES string of the molecule is CC1=C(C(=O)OC(C)C)[C@@H](c2cccc(Cl)c2)n2c(nc3ccccc32)N1. The number of ether oxygens (including phenoxy) is 1. The summed E-state index contributed by atoms with van der Waals surface area (Å²) < 4.78 is 7.57. The van der Waals surface area contributed by atoms with Crippen molar-refractivity contribution >= 4 is 34.6 Å². The van der Waals surface area contributed by atoms with Crippen LogP contribution in [-0.2, 0) is 9.53 Å². The second kappa shape index (κ2) is 6.74. The van der Waals surface area contributed by atoms with Gasteiger partial charge in [-0.2, -0.15) is 0 Å². The predicted octanol–water partition coefficient (Wildman–Crippen LogP) is 4.93. The molecule has 6 heteroatoms. The molecule has 27 heavy (non-hydrogen) atoms. The van der Waals surface area contributed by atoms with E-state index in [0.717, 1.165) is 22.3 Å². The topological polar surface area (TPSA) is 56.2 Å². The van der Waals surface area contributed by atoms with Crippen molar-refractivity contribution in [2.45, 2.75) is 32.9 Å². The molecule has 2 heterocycles. The lowest BCUT2D eigenvalue weighted by molar-refractivity contribution is -0.143. The Balaban J connectivity index is 1.97. The van der Waals surface area contributed by atoms with Crippen LogP contribution < -0.4 is 5.32 Å². The molecule has 1 N–H and O–H groups in total. The van der Waals surface area contributed by atoms with E-state index in [1.54, 1.807) is 0 Å². The number of esters is 1. The summed E-state index contributed by atoms with van der Waals surface area (Å²) in [6.45, 7) is 5.56. The number of fused-ring (bicyclic) bond motifs is 3. The van der Waals surface area contributed by atoms with Crippen LogP contribution in [0.15, 0.2) is 59.8 Å². The Morgan fingerprint density at radius 3 is 2.74 bits per heavy atom. The second-order valence-corrected chi connectivity index (χ2v) is 7.31. The highest BCUT2D eigenvalue weighted by atomic mass is 35.5. The van der Waals surface area contributed by atoms with Gasteiger partial charge in [0.25, 0.3) is 0 Å². The van der Waals surface area contributed by atoms with Crippen molar-refractivity contribution in [3.05, 3.63) is 70.4 Å². The fraction of sp³-hybridized carbons (Fsp3) is 0.238. The molecule has 1 aliphatic heterocycles. The van der Waals surface area contributed by atoms with Crippen molar-refractivity contribution in [3.63, 3.8) is 0 Å². The third-order valence-corrected chi connectivity index (χ3v) is 4.79. The molecule has 1 atom stereocenters. The maximum atomic E-state index is 13.0. The van der Waals surface area contributed by atoms with E-state index in [4.69, 9.17) is 16.3 Å². The van der Waals surface area contributed by atoms with Gasteiger partial charge in [-0.3, -0.25) is 4.57 Å². The molecule has 0 saturated heterocycles. The minimum atomic E-state index is -0.376. The molecule has 0 radical (unpaired) electrons. The fourth-order valence-corrected chi connectivity index (χ4v) is 3.70. The highest BCUT2D eigenvalue weighted by Crippen LogP contribution is 2.40. The lowest BCUT2D eigenvalue weighted by Crippen LogP contribution is -2.30. The fourth-order valence-electron chi connectivity index (χ4n) is 3.50. The molecule has 0 aliphatic carbocycles. The summed E-state index contributed by atoms with van der Waals surface area (Å²) in [6.07, 6.45) is -0.210. The summed E-state index contributed by atoms with van der Waals surface area (Å²) in [6, 6.07) is 15.0. The molecule has 0 amide bonds. The number of carbonyl (C=O) groups excluding carboxylic acids is 1. The predicted molar refractivity (Wildman–Crippen MR) is 107 cm³/mol. The van der Waals surface area contributed by atoms with Crippen LogP contribution in [0.1, 0.15) is 32.4 Å². The van der Waals surface area contributed by atoms with E-state index in [0.29, 0.717) is 16.5 Å². The van der Waals surface area contributed by atoms with Gasteiger partial charge in [-0.05, 0) is 50.6 Å². The molecular formula is C21H20ClN3O2. The zero-order valence-corrected chi connectivity index (χ0v) is 16.1. The second-order valence-electron chi connectivity index (χ2n) is 6.87. The summed E-state index contributed by atoms with van der Waals surface area (Å²) in [5.74, 6) is 0.350. The summed E-state index contributed by atoms with van der Waals surface area (Å²) in [7, 11) is 0. The van der Waals surface area contributed by atoms with Gasteiger partial charge in [-0.25, -0.2) is 9.78 Å². The number of para-hydroxylation sites is 2. The number of allylic oxidation sites excluding steroid dienone is 1. The first-order valence-corrected chi connectivity index (χ1v) is 9.24. The van der Waals surface area contributed by atoms with Gasteiger partial charge in [-0.15, -0.1) is 0 Å². The van der Waals surface area contributed by atoms with Crippen LogP contribution in [0.5, 0.6) is 0 Å². The van der Waals surface area contributed by atoms with Crippen LogP contribution in [0.2, 0.25) is 5.02 Å². The molecule has 5 nitrogen and oxygen atoms in total. The Morgan fingerprint density at radius 1 is 1.22 bits per heavy atom. The van der Waals surface area contributed by atoms with Gasteiger partial charge in [0.05, 0.1) is 28.8 Å². The average Bonchev–Trinajstić information content (AvgIpc) is 2.97. The molecule has 0 spiro atoms. The molecule has 0 fully saturated rings. The number of imidazole rings is 1. The van der Waals surface area contributed by atoms with E-state index < -0.39 is 0 Å². The molecule has 0 bridgehead atoms. The molecule has 138 valence electrons. The number of carbonyl (C=O) groups is 1. The third kappa shape index (κ3) is 3.08. The monoisotopic (exact) mass is 381 g/mol. The van der Waals surface area contributed by atoms with Crippen LogP contribution in [0, 0.1) is 0 Å². The summed E-state index contributed by atoms with van der Waals surface area (Å²) in [5, 5.41) is 3.88. The number of benzene rings is 2. The van der Waals surface area contributed by atoms with Crippen LogP contribution in [0.3, 0.4) is 0 Å². The standard InChI is InChI=1S/C21H20ClN3O2/c1-12(2)27-20(26)18-13(3)23-21-24-16-9-4-5-10-17(16)25(21)19(18)14-7-6-8-15(22)11-14/h4-12,19H,1-3H3,(H,23,24)/t19-/m1/s1. The van der Waals surface area contributed by atoms with Crippen molar-refractivity contribution < 1.29 is 9.53 Å². The number of hydrogen-bond acceptors (Lipinski definition) is 4. The van der Waals surface area contributed by atoms with Crippen molar-refractivity contribution in [1.82, 2.24) is 9.55 Å². The number of halogens is 1. The third-order valence-electron chi connectivity index (χ3n) is 4.56. The molecule has 4 rings (SSSR count). The minimum absolute atomic E-state index is 0.210. The molecule has 0 unspecified atom stereocenters. The number of hydrogen-bond donors (Lipinski definition) is 1. The first-order chi connectivity index (χ1) is 13.0. The summed E-state index contributed by atoms with van der Waals surface area (Å²) in [5.41, 5.74) is 3.99. The first kappa shape index (κ1) is 17.6. The number of nitrogens with one attached hydrogen (secondary N) is 1. The Kier molecular flexibility index (Phi) is 4.40. The molecule has 2 aromatic carbocycles. The van der Waals surface area contributed by atoms with Gasteiger partial charge in [0, 0.05) is 10.7 Å². The van der Waals surface area contributed by atoms with Crippen molar-refractivity contribution in [2.75, 3.05) is 5.32 Å². The van der Waals surface area contributed by atoms with E-state index in [-0.39, 0.29) is 18.1 Å². The normalized spacial score (nSPS) is 16.4. The zero-order valence-electron chi connectivity index (χ0n) is 15.4. The maximum absolute atomic E-state index is 13.0. The number of rotatable bonds is 3. The van der Waals surface area contributed by atoms with E-state index in [1.165, 1.54) is 0 Å². The van der Waals surface area contributed by atoms with E-state index in [1.807, 2.05) is 73.9 Å². The van der Waals surface area contributed by atoms with Crippen LogP contribution in [-0.4, -0.2) is 21.6 Å². The molecule has 1 aromatic heterocycles. The number of anilines is 1. The van der Waals surface area contributed by atoms with Gasteiger partial charge >= 0.3 is 5.97 Å². The van der Waals surface area contributed by atoms with Gasteiger partial charge in [0.15, 0.2) is 0 Å². The molecule has 1 aliphatic rings. The maximum Gasteiger partial charge on any atom is 0.338 e.